The Morgan fingerprint density at radius 2 is 1.66 bits per heavy atom. The molecule has 0 spiro atoms. The van der Waals surface area contributed by atoms with Gasteiger partial charge < -0.3 is 10.4 Å². The molecule has 32 heavy (non-hydrogen) atoms. The van der Waals surface area contributed by atoms with E-state index in [-0.39, 0.29) is 36.0 Å². The Balaban J connectivity index is 2.29. The summed E-state index contributed by atoms with van der Waals surface area (Å²) in [4.78, 5) is 12.7. The molecule has 0 bridgehead atoms. The fraction of sp³-hybridized carbons (Fsp3) is 0.571. The number of nitrogens with one attached hydrogen (secondary N) is 2. The second kappa shape index (κ2) is 10.5. The first-order valence-corrected chi connectivity index (χ1v) is 12.2. The number of aliphatic hydroxyl groups is 1. The molecular formula is C21H31F2N5O3S. The van der Waals surface area contributed by atoms with Gasteiger partial charge in [-0.25, -0.2) is 17.2 Å². The Hall–Kier alpha value is -2.40. The predicted molar refractivity (Wildman–Crippen MR) is 120 cm³/mol. The van der Waals surface area contributed by atoms with Crippen LogP contribution in [0.1, 0.15) is 57.0 Å². The van der Waals surface area contributed by atoms with Gasteiger partial charge in [-0.05, 0) is 23.8 Å². The van der Waals surface area contributed by atoms with Crippen molar-refractivity contribution in [1.82, 2.24) is 15.0 Å². The van der Waals surface area contributed by atoms with Crippen molar-refractivity contribution in [3.8, 4) is 0 Å². The number of anilines is 2. The van der Waals surface area contributed by atoms with E-state index in [2.05, 4.69) is 25.0 Å². The molecule has 2 unspecified atom stereocenters. The fourth-order valence-electron chi connectivity index (χ4n) is 3.21. The maximum atomic E-state index is 13.5. The largest absolute Gasteiger partial charge is 0.394 e. The molecule has 2 atom stereocenters. The van der Waals surface area contributed by atoms with Gasteiger partial charge in [0.05, 0.1) is 18.9 Å². The van der Waals surface area contributed by atoms with Crippen LogP contribution >= 0.6 is 0 Å². The van der Waals surface area contributed by atoms with Crippen LogP contribution < -0.4 is 10.0 Å². The number of rotatable bonds is 11. The van der Waals surface area contributed by atoms with Gasteiger partial charge in [-0.1, -0.05) is 45.0 Å². The molecule has 1 aromatic heterocycles. The van der Waals surface area contributed by atoms with Crippen LogP contribution in [-0.4, -0.2) is 47.4 Å². The average molecular weight is 472 g/mol. The number of aliphatic hydroxyl groups excluding tert-OH is 1. The zero-order chi connectivity index (χ0) is 24.1. The number of aromatic nitrogens is 3. The summed E-state index contributed by atoms with van der Waals surface area (Å²) in [6.45, 7) is 6.64. The minimum atomic E-state index is -3.61. The van der Waals surface area contributed by atoms with Crippen molar-refractivity contribution in [3.63, 3.8) is 0 Å². The summed E-state index contributed by atoms with van der Waals surface area (Å²) in [6, 6.07) is 5.74. The highest BCUT2D eigenvalue weighted by Crippen LogP contribution is 2.29. The number of hydrogen-bond donors (Lipinski definition) is 3. The summed E-state index contributed by atoms with van der Waals surface area (Å²) in [5, 5.41) is 12.7. The van der Waals surface area contributed by atoms with Crippen LogP contribution in [0.4, 0.5) is 20.7 Å². The number of alkyl halides is 2. The zero-order valence-corrected chi connectivity index (χ0v) is 19.7. The third-order valence-corrected chi connectivity index (χ3v) is 5.30. The minimum Gasteiger partial charge on any atom is -0.394 e. The summed E-state index contributed by atoms with van der Waals surface area (Å²) in [6.07, 6.45) is 1.98. The van der Waals surface area contributed by atoms with Gasteiger partial charge in [-0.3, -0.25) is 4.72 Å². The smallest absolute Gasteiger partial charge is 0.270 e. The van der Waals surface area contributed by atoms with Gasteiger partial charge in [0.2, 0.25) is 21.9 Å². The minimum absolute atomic E-state index is 0.0695. The Morgan fingerprint density at radius 3 is 2.16 bits per heavy atom. The topological polar surface area (TPSA) is 117 Å². The van der Waals surface area contributed by atoms with Gasteiger partial charge in [0, 0.05) is 18.9 Å². The molecule has 0 saturated heterocycles. The molecule has 1 aromatic carbocycles. The second-order valence-electron chi connectivity index (χ2n) is 8.54. The van der Waals surface area contributed by atoms with E-state index in [4.69, 9.17) is 0 Å². The van der Waals surface area contributed by atoms with Crippen molar-refractivity contribution in [2.24, 2.45) is 5.92 Å². The number of halogens is 2. The highest BCUT2D eigenvalue weighted by molar-refractivity contribution is 7.91. The molecule has 0 aliphatic heterocycles. The number of sulfonamides is 1. The van der Waals surface area contributed by atoms with E-state index in [1.54, 1.807) is 12.1 Å². The first-order chi connectivity index (χ1) is 14.8. The maximum absolute atomic E-state index is 13.5. The Bertz CT molecular complexity index is 995. The SMILES string of the molecule is CC(C)CC(CO)Nc1nc(CC(C)c2ccc(C(C)(F)F)cc2)nc(NS(C)(=O)=O)n1. The van der Waals surface area contributed by atoms with Crippen LogP contribution in [-0.2, 0) is 22.4 Å². The maximum Gasteiger partial charge on any atom is 0.270 e. The lowest BCUT2D eigenvalue weighted by Crippen LogP contribution is -2.27. The summed E-state index contributed by atoms with van der Waals surface area (Å²) in [5.74, 6) is -2.38. The molecule has 11 heteroatoms. The molecule has 8 nitrogen and oxygen atoms in total. The number of hydrogen-bond acceptors (Lipinski definition) is 7. The quantitative estimate of drug-likeness (QED) is 0.459. The van der Waals surface area contributed by atoms with Gasteiger partial charge in [0.15, 0.2) is 0 Å². The molecule has 178 valence electrons. The lowest BCUT2D eigenvalue weighted by Gasteiger charge is -2.19. The van der Waals surface area contributed by atoms with Crippen molar-refractivity contribution in [3.05, 3.63) is 41.2 Å². The van der Waals surface area contributed by atoms with Crippen molar-refractivity contribution in [2.45, 2.75) is 58.4 Å². The molecule has 0 amide bonds. The molecule has 3 N–H and O–H groups in total. The van der Waals surface area contributed by atoms with E-state index in [1.165, 1.54) is 12.1 Å². The molecule has 1 heterocycles. The average Bonchev–Trinajstić information content (AvgIpc) is 2.65. The van der Waals surface area contributed by atoms with E-state index in [9.17, 15) is 22.3 Å². The molecule has 0 aliphatic rings. The molecule has 0 fully saturated rings. The summed E-state index contributed by atoms with van der Waals surface area (Å²) in [7, 11) is -3.61. The standard InChI is InChI=1S/C21H31F2N5O3S/c1-13(2)10-17(12-29)24-19-25-18(26-20(27-19)28-32(5,30)31)11-14(3)15-6-8-16(9-7-15)21(4,22)23/h6-9,13-14,17,29H,10-12H2,1-5H3,(H2,24,25,26,27,28). The molecule has 0 aliphatic carbocycles. The molecule has 0 saturated carbocycles. The number of nitrogens with zero attached hydrogens (tertiary/aromatic N) is 3. The van der Waals surface area contributed by atoms with Crippen molar-refractivity contribution >= 4 is 21.9 Å². The van der Waals surface area contributed by atoms with Crippen LogP contribution in [0, 0.1) is 5.92 Å². The predicted octanol–water partition coefficient (Wildman–Crippen LogP) is 3.52. The fourth-order valence-corrected chi connectivity index (χ4v) is 3.64. The third kappa shape index (κ3) is 8.27. The molecular weight excluding hydrogens is 440 g/mol. The van der Waals surface area contributed by atoms with Crippen LogP contribution in [0.5, 0.6) is 0 Å². The van der Waals surface area contributed by atoms with E-state index in [0.29, 0.717) is 24.6 Å². The first-order valence-electron chi connectivity index (χ1n) is 10.3. The Morgan fingerprint density at radius 1 is 1.06 bits per heavy atom. The Labute approximate surface area is 188 Å². The van der Waals surface area contributed by atoms with Gasteiger partial charge in [-0.15, -0.1) is 0 Å². The monoisotopic (exact) mass is 471 g/mol. The molecule has 2 aromatic rings. The molecule has 2 rings (SSSR count). The summed E-state index contributed by atoms with van der Waals surface area (Å²) >= 11 is 0. The summed E-state index contributed by atoms with van der Waals surface area (Å²) in [5.41, 5.74) is 0.749. The van der Waals surface area contributed by atoms with Crippen molar-refractivity contribution in [2.75, 3.05) is 22.9 Å². The van der Waals surface area contributed by atoms with E-state index in [0.717, 1.165) is 18.7 Å². The number of benzene rings is 1. The van der Waals surface area contributed by atoms with E-state index in [1.807, 2.05) is 20.8 Å². The van der Waals surface area contributed by atoms with Crippen molar-refractivity contribution in [1.29, 1.82) is 0 Å². The van der Waals surface area contributed by atoms with Crippen molar-refractivity contribution < 1.29 is 22.3 Å². The molecule has 0 radical (unpaired) electrons. The van der Waals surface area contributed by atoms with Crippen LogP contribution in [0.25, 0.3) is 0 Å². The van der Waals surface area contributed by atoms with Crippen LogP contribution in [0.2, 0.25) is 0 Å². The van der Waals surface area contributed by atoms with Gasteiger partial charge in [-0.2, -0.15) is 15.0 Å². The van der Waals surface area contributed by atoms with Gasteiger partial charge >= 0.3 is 0 Å². The van der Waals surface area contributed by atoms with Crippen LogP contribution in [0.3, 0.4) is 0 Å². The van der Waals surface area contributed by atoms with Gasteiger partial charge in [0.25, 0.3) is 5.92 Å². The van der Waals surface area contributed by atoms with E-state index < -0.39 is 15.9 Å². The normalized spacial score (nSPS) is 14.3. The lowest BCUT2D eigenvalue weighted by atomic mass is 9.95. The third-order valence-electron chi connectivity index (χ3n) is 4.74. The summed E-state index contributed by atoms with van der Waals surface area (Å²) < 4.78 is 52.5. The first kappa shape index (κ1) is 25.9. The lowest BCUT2D eigenvalue weighted by molar-refractivity contribution is 0.0174. The van der Waals surface area contributed by atoms with E-state index >= 15 is 0 Å². The van der Waals surface area contributed by atoms with Crippen LogP contribution in [0.15, 0.2) is 24.3 Å². The second-order valence-corrected chi connectivity index (χ2v) is 10.3. The Kier molecular flexibility index (Phi) is 8.47. The zero-order valence-electron chi connectivity index (χ0n) is 18.9. The van der Waals surface area contributed by atoms with Gasteiger partial charge in [0.1, 0.15) is 5.82 Å². The highest BCUT2D eigenvalue weighted by atomic mass is 32.2. The highest BCUT2D eigenvalue weighted by Gasteiger charge is 2.24.